The fraction of sp³-hybridized carbons (Fsp3) is 0. The second kappa shape index (κ2) is 8.69. The highest BCUT2D eigenvalue weighted by atomic mass is 35.5. The number of hydrogen-bond acceptors (Lipinski definition) is 3. The Balaban J connectivity index is 1.73. The number of rotatable bonds is 4. The molecule has 0 radical (unpaired) electrons. The largest absolute Gasteiger partial charge is 0.398 e. The molecule has 0 heterocycles. The minimum atomic E-state index is -0.595. The molecule has 142 valence electrons. The molecule has 0 fully saturated rings. The van der Waals surface area contributed by atoms with Crippen LogP contribution in [0.15, 0.2) is 66.7 Å². The van der Waals surface area contributed by atoms with Gasteiger partial charge in [0.25, 0.3) is 5.91 Å². The maximum absolute atomic E-state index is 13.8. The van der Waals surface area contributed by atoms with E-state index in [2.05, 4.69) is 16.0 Å². The molecule has 0 aliphatic heterocycles. The van der Waals surface area contributed by atoms with Gasteiger partial charge in [0, 0.05) is 5.69 Å². The van der Waals surface area contributed by atoms with Gasteiger partial charge < -0.3 is 21.7 Å². The van der Waals surface area contributed by atoms with Crippen LogP contribution in [0.25, 0.3) is 0 Å². The Hall–Kier alpha value is -3.16. The molecule has 0 saturated heterocycles. The minimum absolute atomic E-state index is 0.0467. The Morgan fingerprint density at radius 1 is 0.929 bits per heavy atom. The van der Waals surface area contributed by atoms with Gasteiger partial charge in [-0.05, 0) is 54.7 Å². The van der Waals surface area contributed by atoms with E-state index in [9.17, 15) is 9.18 Å². The Kier molecular flexibility index (Phi) is 6.08. The highest BCUT2D eigenvalue weighted by Gasteiger charge is 2.13. The lowest BCUT2D eigenvalue weighted by atomic mass is 10.2. The van der Waals surface area contributed by atoms with E-state index in [1.54, 1.807) is 48.5 Å². The van der Waals surface area contributed by atoms with Crippen LogP contribution < -0.4 is 21.7 Å². The third-order valence-electron chi connectivity index (χ3n) is 3.80. The van der Waals surface area contributed by atoms with Crippen LogP contribution in [0, 0.1) is 5.82 Å². The summed E-state index contributed by atoms with van der Waals surface area (Å²) in [5.41, 5.74) is 7.77. The zero-order valence-corrected chi connectivity index (χ0v) is 16.1. The van der Waals surface area contributed by atoms with E-state index in [0.717, 1.165) is 0 Å². The molecule has 0 saturated carbocycles. The van der Waals surface area contributed by atoms with E-state index in [1.165, 1.54) is 18.2 Å². The van der Waals surface area contributed by atoms with Crippen LogP contribution in [0.1, 0.15) is 10.4 Å². The first-order valence-corrected chi connectivity index (χ1v) is 9.00. The first kappa shape index (κ1) is 19.6. The molecule has 0 spiro atoms. The highest BCUT2D eigenvalue weighted by Crippen LogP contribution is 2.25. The van der Waals surface area contributed by atoms with E-state index in [1.807, 2.05) is 0 Å². The zero-order valence-electron chi connectivity index (χ0n) is 14.5. The number of thiocarbonyl (C=S) groups is 1. The molecule has 0 bridgehead atoms. The lowest BCUT2D eigenvalue weighted by molar-refractivity contribution is 0.102. The number of carbonyl (C=O) groups excluding carboxylic acids is 1. The minimum Gasteiger partial charge on any atom is -0.398 e. The van der Waals surface area contributed by atoms with Crippen LogP contribution in [-0.2, 0) is 0 Å². The molecule has 1 amide bonds. The molecule has 0 aromatic heterocycles. The number of carbonyl (C=O) groups is 1. The summed E-state index contributed by atoms with van der Waals surface area (Å²) in [5.74, 6) is -1.15. The molecular formula is C20H16ClFN4OS. The van der Waals surface area contributed by atoms with Crippen LogP contribution in [0.5, 0.6) is 0 Å². The van der Waals surface area contributed by atoms with Crippen LogP contribution in [0.3, 0.4) is 0 Å². The Morgan fingerprint density at radius 2 is 1.57 bits per heavy atom. The van der Waals surface area contributed by atoms with Gasteiger partial charge in [0.15, 0.2) is 5.11 Å². The molecule has 8 heteroatoms. The fourth-order valence-corrected chi connectivity index (χ4v) is 2.83. The molecule has 0 aliphatic rings. The number of nitrogens with one attached hydrogen (secondary N) is 3. The molecule has 5 nitrogen and oxygen atoms in total. The van der Waals surface area contributed by atoms with Crippen molar-refractivity contribution in [1.29, 1.82) is 0 Å². The second-order valence-corrected chi connectivity index (χ2v) is 6.61. The normalized spacial score (nSPS) is 10.2. The molecule has 0 unspecified atom stereocenters. The van der Waals surface area contributed by atoms with Gasteiger partial charge in [-0.1, -0.05) is 35.9 Å². The topological polar surface area (TPSA) is 79.2 Å². The number of para-hydroxylation sites is 2. The standard InChI is InChI=1S/C20H16ClFN4OS/c21-14-11-12(9-10-16(14)23)24-20(28)26-18-8-4-3-7-17(18)25-19(27)13-5-1-2-6-15(13)22/h1-11H,23H2,(H,25,27)(H2,24,26,28). The summed E-state index contributed by atoms with van der Waals surface area (Å²) in [6.07, 6.45) is 0. The lowest BCUT2D eigenvalue weighted by Gasteiger charge is -2.15. The number of nitrogens with two attached hydrogens (primary N) is 1. The van der Waals surface area contributed by atoms with Crippen LogP contribution in [-0.4, -0.2) is 11.0 Å². The third-order valence-corrected chi connectivity index (χ3v) is 4.33. The molecule has 0 aliphatic carbocycles. The van der Waals surface area contributed by atoms with E-state index in [4.69, 9.17) is 29.6 Å². The SMILES string of the molecule is Nc1ccc(NC(=S)Nc2ccccc2NC(=O)c2ccccc2F)cc1Cl. The molecule has 28 heavy (non-hydrogen) atoms. The van der Waals surface area contributed by atoms with E-state index in [-0.39, 0.29) is 10.7 Å². The van der Waals surface area contributed by atoms with Gasteiger partial charge in [-0.3, -0.25) is 4.79 Å². The number of benzene rings is 3. The summed E-state index contributed by atoms with van der Waals surface area (Å²) >= 11 is 11.3. The van der Waals surface area contributed by atoms with Gasteiger partial charge in [0.05, 0.1) is 27.6 Å². The van der Waals surface area contributed by atoms with Crippen molar-refractivity contribution >= 4 is 57.6 Å². The number of amides is 1. The maximum atomic E-state index is 13.8. The number of anilines is 4. The lowest BCUT2D eigenvalue weighted by Crippen LogP contribution is -2.21. The molecule has 3 aromatic rings. The average molecular weight is 415 g/mol. The van der Waals surface area contributed by atoms with Crippen molar-refractivity contribution < 1.29 is 9.18 Å². The van der Waals surface area contributed by atoms with E-state index >= 15 is 0 Å². The number of hydrogen-bond donors (Lipinski definition) is 4. The first-order chi connectivity index (χ1) is 13.4. The monoisotopic (exact) mass is 414 g/mol. The number of halogens is 2. The molecule has 3 rings (SSSR count). The summed E-state index contributed by atoms with van der Waals surface area (Å²) in [6.45, 7) is 0. The Morgan fingerprint density at radius 3 is 2.25 bits per heavy atom. The molecule has 5 N–H and O–H groups in total. The van der Waals surface area contributed by atoms with E-state index in [0.29, 0.717) is 27.8 Å². The van der Waals surface area contributed by atoms with Crippen molar-refractivity contribution in [2.24, 2.45) is 0 Å². The molecule has 3 aromatic carbocycles. The van der Waals surface area contributed by atoms with Crippen LogP contribution in [0.4, 0.5) is 27.1 Å². The zero-order chi connectivity index (χ0) is 20.1. The van der Waals surface area contributed by atoms with Gasteiger partial charge in [-0.2, -0.15) is 0 Å². The Bertz CT molecular complexity index is 1040. The van der Waals surface area contributed by atoms with Gasteiger partial charge in [-0.25, -0.2) is 4.39 Å². The highest BCUT2D eigenvalue weighted by molar-refractivity contribution is 7.80. The average Bonchev–Trinajstić information content (AvgIpc) is 2.66. The summed E-state index contributed by atoms with van der Waals surface area (Å²) in [5, 5.41) is 9.37. The van der Waals surface area contributed by atoms with Gasteiger partial charge in [0.2, 0.25) is 0 Å². The Labute approximate surface area is 171 Å². The summed E-state index contributed by atoms with van der Waals surface area (Å²) in [6, 6.07) is 17.8. The number of nitrogen functional groups attached to an aromatic ring is 1. The van der Waals surface area contributed by atoms with Gasteiger partial charge >= 0.3 is 0 Å². The maximum Gasteiger partial charge on any atom is 0.258 e. The summed E-state index contributed by atoms with van der Waals surface area (Å²) < 4.78 is 13.8. The smallest absolute Gasteiger partial charge is 0.258 e. The van der Waals surface area contributed by atoms with Gasteiger partial charge in [0.1, 0.15) is 5.82 Å². The quantitative estimate of drug-likeness (QED) is 0.352. The van der Waals surface area contributed by atoms with Crippen LogP contribution in [0.2, 0.25) is 5.02 Å². The summed E-state index contributed by atoms with van der Waals surface area (Å²) in [4.78, 5) is 12.4. The first-order valence-electron chi connectivity index (χ1n) is 8.22. The van der Waals surface area contributed by atoms with Crippen molar-refractivity contribution in [1.82, 2.24) is 0 Å². The van der Waals surface area contributed by atoms with Crippen LogP contribution >= 0.6 is 23.8 Å². The van der Waals surface area contributed by atoms with Crippen molar-refractivity contribution in [3.63, 3.8) is 0 Å². The third kappa shape index (κ3) is 4.76. The molecule has 0 atom stereocenters. The molecular weight excluding hydrogens is 399 g/mol. The fourth-order valence-electron chi connectivity index (χ4n) is 2.43. The second-order valence-electron chi connectivity index (χ2n) is 5.79. The van der Waals surface area contributed by atoms with Crippen molar-refractivity contribution in [2.75, 3.05) is 21.7 Å². The van der Waals surface area contributed by atoms with Crippen molar-refractivity contribution in [3.05, 3.63) is 83.1 Å². The van der Waals surface area contributed by atoms with Crippen molar-refractivity contribution in [3.8, 4) is 0 Å². The predicted octanol–water partition coefficient (Wildman–Crippen LogP) is 5.12. The van der Waals surface area contributed by atoms with Crippen molar-refractivity contribution in [2.45, 2.75) is 0 Å². The van der Waals surface area contributed by atoms with Gasteiger partial charge in [-0.15, -0.1) is 0 Å². The predicted molar refractivity (Wildman–Crippen MR) is 117 cm³/mol. The van der Waals surface area contributed by atoms with E-state index < -0.39 is 11.7 Å². The summed E-state index contributed by atoms with van der Waals surface area (Å²) in [7, 11) is 0.